The summed E-state index contributed by atoms with van der Waals surface area (Å²) < 4.78 is 1.18. The maximum atomic E-state index is 10.3. The number of halogens is 1. The fraction of sp³-hybridized carbons (Fsp3) is 0.310. The minimum Gasteiger partial charge on any atom is -0.508 e. The topological polar surface area (TPSA) is 39.3 Å². The molecule has 6 rings (SSSR count). The zero-order valence-corrected chi connectivity index (χ0v) is 20.3. The van der Waals surface area contributed by atoms with Crippen molar-refractivity contribution in [3.05, 3.63) is 99.7 Å². The molecular weight excluding hydrogens is 472 g/mol. The average Bonchev–Trinajstić information content (AvgIpc) is 3.20. The zero-order valence-electron chi connectivity index (χ0n) is 18.7. The summed E-state index contributed by atoms with van der Waals surface area (Å²) in [6.45, 7) is 3.29. The van der Waals surface area contributed by atoms with Gasteiger partial charge in [0.2, 0.25) is 0 Å². The van der Waals surface area contributed by atoms with Crippen LogP contribution in [0.5, 0.6) is 5.75 Å². The van der Waals surface area contributed by atoms with Gasteiger partial charge in [-0.3, -0.25) is 0 Å². The van der Waals surface area contributed by atoms with Crippen LogP contribution in [0.15, 0.2) is 77.3 Å². The van der Waals surface area contributed by atoms with E-state index in [0.29, 0.717) is 11.7 Å². The second-order valence-corrected chi connectivity index (χ2v) is 10.7. The first kappa shape index (κ1) is 21.0. The van der Waals surface area contributed by atoms with Gasteiger partial charge in [-0.05, 0) is 79.1 Å². The van der Waals surface area contributed by atoms with E-state index in [1.54, 1.807) is 6.07 Å². The van der Waals surface area contributed by atoms with Crippen LogP contribution in [0.2, 0.25) is 0 Å². The number of aromatic nitrogens is 1. The van der Waals surface area contributed by atoms with Gasteiger partial charge < -0.3 is 15.0 Å². The lowest BCUT2D eigenvalue weighted by atomic mass is 9.58. The molecule has 1 saturated heterocycles. The Balaban J connectivity index is 1.36. The summed E-state index contributed by atoms with van der Waals surface area (Å²) in [6.07, 6.45) is 4.28. The van der Waals surface area contributed by atoms with Gasteiger partial charge in [-0.25, -0.2) is 0 Å². The number of aromatic hydroxyl groups is 1. The Morgan fingerprint density at radius 1 is 1.03 bits per heavy atom. The van der Waals surface area contributed by atoms with Crippen molar-refractivity contribution in [2.24, 2.45) is 5.92 Å². The van der Waals surface area contributed by atoms with Crippen LogP contribution in [-0.2, 0) is 24.7 Å². The van der Waals surface area contributed by atoms with Gasteiger partial charge in [0, 0.05) is 39.6 Å². The molecule has 0 saturated carbocycles. The summed E-state index contributed by atoms with van der Waals surface area (Å²) in [5.41, 5.74) is 6.83. The molecule has 1 aromatic heterocycles. The SMILES string of the molecule is Oc1cccc([C@]23CCN(CCc4ccccc4)CC2Cc2c([nH]c4cccc(Br)c24)C3)c1. The Kier molecular flexibility index (Phi) is 5.31. The molecule has 168 valence electrons. The number of piperidine rings is 1. The average molecular weight is 501 g/mol. The van der Waals surface area contributed by atoms with Crippen LogP contribution in [-0.4, -0.2) is 34.6 Å². The number of likely N-dealkylation sites (tertiary alicyclic amines) is 1. The van der Waals surface area contributed by atoms with Crippen molar-refractivity contribution in [2.75, 3.05) is 19.6 Å². The Morgan fingerprint density at radius 3 is 2.73 bits per heavy atom. The van der Waals surface area contributed by atoms with E-state index in [0.717, 1.165) is 45.3 Å². The van der Waals surface area contributed by atoms with E-state index in [-0.39, 0.29) is 5.41 Å². The smallest absolute Gasteiger partial charge is 0.115 e. The highest BCUT2D eigenvalue weighted by atomic mass is 79.9. The molecular formula is C29H29BrN2O. The lowest BCUT2D eigenvalue weighted by molar-refractivity contribution is 0.0822. The number of hydrogen-bond donors (Lipinski definition) is 2. The van der Waals surface area contributed by atoms with E-state index >= 15 is 0 Å². The third-order valence-electron chi connectivity index (χ3n) is 8.02. The zero-order chi connectivity index (χ0) is 22.4. The highest BCUT2D eigenvalue weighted by Gasteiger charge is 2.48. The molecule has 4 heteroatoms. The fourth-order valence-corrected chi connectivity index (χ4v) is 6.93. The minimum atomic E-state index is 0.0579. The molecule has 33 heavy (non-hydrogen) atoms. The van der Waals surface area contributed by atoms with Crippen molar-refractivity contribution in [2.45, 2.75) is 31.1 Å². The van der Waals surface area contributed by atoms with Gasteiger partial charge >= 0.3 is 0 Å². The molecule has 1 unspecified atom stereocenters. The van der Waals surface area contributed by atoms with Gasteiger partial charge in [0.05, 0.1) is 0 Å². The third-order valence-corrected chi connectivity index (χ3v) is 8.68. The summed E-state index contributed by atoms with van der Waals surface area (Å²) in [5.74, 6) is 0.889. The third kappa shape index (κ3) is 3.70. The van der Waals surface area contributed by atoms with E-state index in [1.807, 2.05) is 12.1 Å². The molecule has 1 fully saturated rings. The summed E-state index contributed by atoms with van der Waals surface area (Å²) in [6, 6.07) is 25.3. The summed E-state index contributed by atoms with van der Waals surface area (Å²) in [5, 5.41) is 11.7. The highest BCUT2D eigenvalue weighted by molar-refractivity contribution is 9.10. The number of rotatable bonds is 4. The molecule has 1 aliphatic heterocycles. The monoisotopic (exact) mass is 500 g/mol. The van der Waals surface area contributed by atoms with Crippen LogP contribution in [0.4, 0.5) is 0 Å². The van der Waals surface area contributed by atoms with E-state index in [1.165, 1.54) is 37.8 Å². The Labute approximate surface area is 203 Å². The number of nitrogens with zero attached hydrogens (tertiary/aromatic N) is 1. The summed E-state index contributed by atoms with van der Waals surface area (Å²) in [4.78, 5) is 6.41. The van der Waals surface area contributed by atoms with Crippen molar-refractivity contribution in [1.29, 1.82) is 0 Å². The maximum Gasteiger partial charge on any atom is 0.115 e. The summed E-state index contributed by atoms with van der Waals surface area (Å²) >= 11 is 3.81. The minimum absolute atomic E-state index is 0.0579. The number of aromatic amines is 1. The molecule has 0 amide bonds. The number of phenolic OH excluding ortho intramolecular Hbond substituents is 1. The number of H-pyrrole nitrogens is 1. The van der Waals surface area contributed by atoms with Crippen LogP contribution in [0.1, 0.15) is 28.8 Å². The summed E-state index contributed by atoms with van der Waals surface area (Å²) in [7, 11) is 0. The molecule has 3 nitrogen and oxygen atoms in total. The van der Waals surface area contributed by atoms with Gasteiger partial charge in [-0.2, -0.15) is 0 Å². The number of hydrogen-bond acceptors (Lipinski definition) is 2. The lowest BCUT2D eigenvalue weighted by Crippen LogP contribution is -2.54. The number of nitrogens with one attached hydrogen (secondary N) is 1. The van der Waals surface area contributed by atoms with Crippen LogP contribution in [0.3, 0.4) is 0 Å². The van der Waals surface area contributed by atoms with Crippen molar-refractivity contribution < 1.29 is 5.11 Å². The van der Waals surface area contributed by atoms with E-state index < -0.39 is 0 Å². The van der Waals surface area contributed by atoms with Crippen LogP contribution in [0, 0.1) is 5.92 Å². The van der Waals surface area contributed by atoms with Gasteiger partial charge in [0.25, 0.3) is 0 Å². The van der Waals surface area contributed by atoms with Crippen LogP contribution in [0.25, 0.3) is 10.9 Å². The number of phenols is 1. The highest BCUT2D eigenvalue weighted by Crippen LogP contribution is 2.50. The Morgan fingerprint density at radius 2 is 1.88 bits per heavy atom. The maximum absolute atomic E-state index is 10.3. The predicted molar refractivity (Wildman–Crippen MR) is 138 cm³/mol. The van der Waals surface area contributed by atoms with E-state index in [9.17, 15) is 5.11 Å². The largest absolute Gasteiger partial charge is 0.508 e. The molecule has 0 spiro atoms. The predicted octanol–water partition coefficient (Wildman–Crippen LogP) is 6.24. The molecule has 3 aromatic carbocycles. The van der Waals surface area contributed by atoms with Crippen molar-refractivity contribution in [3.8, 4) is 5.75 Å². The van der Waals surface area contributed by atoms with Crippen molar-refractivity contribution >= 4 is 26.8 Å². The lowest BCUT2D eigenvalue weighted by Gasteiger charge is -2.51. The quantitative estimate of drug-likeness (QED) is 0.348. The number of fused-ring (bicyclic) bond motifs is 4. The molecule has 2 heterocycles. The van der Waals surface area contributed by atoms with Gasteiger partial charge in [-0.1, -0.05) is 64.5 Å². The molecule has 0 radical (unpaired) electrons. The molecule has 1 aliphatic carbocycles. The standard InChI is InChI=1S/C29H29BrN2O/c30-25-10-5-11-26-28(25)24-17-22-19-32(14-12-20-6-2-1-3-7-20)15-13-29(22,18-27(24)31-26)21-8-4-9-23(33)16-21/h1-11,16,22,31,33H,12-15,17-19H2/t22?,29-/m1/s1. The first-order valence-electron chi connectivity index (χ1n) is 12.0. The molecule has 2 aliphatic rings. The Hall–Kier alpha value is -2.56. The van der Waals surface area contributed by atoms with Gasteiger partial charge in [0.1, 0.15) is 5.75 Å². The van der Waals surface area contributed by atoms with E-state index in [2.05, 4.69) is 80.4 Å². The second-order valence-electron chi connectivity index (χ2n) is 9.82. The van der Waals surface area contributed by atoms with Gasteiger partial charge in [0.15, 0.2) is 0 Å². The van der Waals surface area contributed by atoms with Crippen molar-refractivity contribution in [3.63, 3.8) is 0 Å². The van der Waals surface area contributed by atoms with Crippen LogP contribution < -0.4 is 0 Å². The first-order valence-corrected chi connectivity index (χ1v) is 12.8. The van der Waals surface area contributed by atoms with Gasteiger partial charge in [-0.15, -0.1) is 0 Å². The first-order chi connectivity index (χ1) is 16.1. The van der Waals surface area contributed by atoms with Crippen LogP contribution >= 0.6 is 15.9 Å². The molecule has 0 bridgehead atoms. The Bertz CT molecular complexity index is 1300. The van der Waals surface area contributed by atoms with Crippen molar-refractivity contribution in [1.82, 2.24) is 9.88 Å². The molecule has 4 aromatic rings. The van der Waals surface area contributed by atoms with E-state index in [4.69, 9.17) is 0 Å². The fourth-order valence-electron chi connectivity index (χ4n) is 6.33. The number of benzene rings is 3. The normalized spacial score (nSPS) is 22.8. The molecule has 2 N–H and O–H groups in total. The second kappa shape index (κ2) is 8.34. The molecule has 2 atom stereocenters.